The monoisotopic (exact) mass is 794 g/mol. The minimum absolute atomic E-state index is 0.805. The molecule has 0 radical (unpaired) electrons. The molecule has 1 aliphatic rings. The van der Waals surface area contributed by atoms with Crippen molar-refractivity contribution >= 4 is 66.8 Å². The van der Waals surface area contributed by atoms with Gasteiger partial charge in [0, 0.05) is 73.5 Å². The molecule has 0 N–H and O–H groups in total. The second-order valence-electron chi connectivity index (χ2n) is 15.7. The number of hydrogen-bond donors (Lipinski definition) is 0. The fourth-order valence-corrected chi connectivity index (χ4v) is 9.13. The van der Waals surface area contributed by atoms with Crippen LogP contribution in [0.25, 0.3) is 66.1 Å². The molecule has 0 atom stereocenters. The average molecular weight is 795 g/mol. The number of hydrogen-bond acceptors (Lipinski definition) is 4. The summed E-state index contributed by atoms with van der Waals surface area (Å²) in [6.45, 7) is 0. The van der Waals surface area contributed by atoms with Gasteiger partial charge in [-0.1, -0.05) is 133 Å². The van der Waals surface area contributed by atoms with Crippen molar-refractivity contribution in [2.45, 2.75) is 0 Å². The van der Waals surface area contributed by atoms with Gasteiger partial charge in [0.2, 0.25) is 0 Å². The first-order valence-electron chi connectivity index (χ1n) is 21.0. The summed E-state index contributed by atoms with van der Waals surface area (Å²) in [7, 11) is 0. The van der Waals surface area contributed by atoms with Crippen LogP contribution in [0, 0.1) is 0 Å². The molecular formula is C58H38N2O2. The van der Waals surface area contributed by atoms with Crippen LogP contribution in [0.4, 0.5) is 34.1 Å². The highest BCUT2D eigenvalue weighted by atomic mass is 16.5. The Balaban J connectivity index is 0.952. The summed E-state index contributed by atoms with van der Waals surface area (Å²) in [6, 6.07) is 81.2. The number of furan rings is 1. The Kier molecular flexibility index (Phi) is 8.46. The Bertz CT molecular complexity index is 3400. The van der Waals surface area contributed by atoms with Crippen molar-refractivity contribution in [3.05, 3.63) is 231 Å². The Morgan fingerprint density at radius 3 is 1.34 bits per heavy atom. The van der Waals surface area contributed by atoms with E-state index in [1.165, 1.54) is 22.3 Å². The number of nitrogens with zero attached hydrogens (tertiary/aromatic N) is 2. The van der Waals surface area contributed by atoms with Gasteiger partial charge in [-0.3, -0.25) is 0 Å². The molecule has 0 amide bonds. The summed E-state index contributed by atoms with van der Waals surface area (Å²) in [5, 5.41) is 4.35. The molecule has 1 aliphatic heterocycles. The average Bonchev–Trinajstić information content (AvgIpc) is 3.71. The van der Waals surface area contributed by atoms with E-state index in [0.717, 1.165) is 89.5 Å². The highest BCUT2D eigenvalue weighted by molar-refractivity contribution is 6.24. The van der Waals surface area contributed by atoms with Crippen LogP contribution in [0.5, 0.6) is 11.5 Å². The molecule has 0 spiro atoms. The molecular weight excluding hydrogens is 757 g/mol. The number of fused-ring (bicyclic) bond motifs is 6. The molecule has 11 aromatic rings. The Labute approximate surface area is 359 Å². The SMILES string of the molecule is c1ccc(-c2ccc(N(c3ccccc3)c3ccc4c(c3)Oc3cccc5c3c-4cc3oc4cc(N(c6ccccc6)c6ccc(-c7ccccc7)cc6)ccc4c35)cc2)cc1. The maximum atomic E-state index is 6.87. The summed E-state index contributed by atoms with van der Waals surface area (Å²) in [5.74, 6) is 1.64. The van der Waals surface area contributed by atoms with Crippen LogP contribution in [0.15, 0.2) is 235 Å². The molecule has 0 saturated carbocycles. The van der Waals surface area contributed by atoms with Gasteiger partial charge in [-0.05, 0) is 113 Å². The number of benzene rings is 10. The van der Waals surface area contributed by atoms with Crippen LogP contribution in [-0.2, 0) is 0 Å². The van der Waals surface area contributed by atoms with Crippen LogP contribution in [0.2, 0.25) is 0 Å². The highest BCUT2D eigenvalue weighted by Gasteiger charge is 2.26. The normalized spacial score (nSPS) is 11.7. The molecule has 1 aromatic heterocycles. The zero-order valence-electron chi connectivity index (χ0n) is 33.7. The van der Waals surface area contributed by atoms with E-state index in [-0.39, 0.29) is 0 Å². The van der Waals surface area contributed by atoms with Crippen LogP contribution in [-0.4, -0.2) is 0 Å². The van der Waals surface area contributed by atoms with Crippen molar-refractivity contribution in [1.29, 1.82) is 0 Å². The van der Waals surface area contributed by atoms with Gasteiger partial charge in [-0.25, -0.2) is 0 Å². The smallest absolute Gasteiger partial charge is 0.137 e. The van der Waals surface area contributed by atoms with Crippen molar-refractivity contribution in [3.63, 3.8) is 0 Å². The molecule has 10 aromatic carbocycles. The van der Waals surface area contributed by atoms with E-state index in [9.17, 15) is 0 Å². The maximum absolute atomic E-state index is 6.87. The third-order valence-electron chi connectivity index (χ3n) is 12.0. The summed E-state index contributed by atoms with van der Waals surface area (Å²) >= 11 is 0. The second-order valence-corrected chi connectivity index (χ2v) is 15.7. The lowest BCUT2D eigenvalue weighted by Gasteiger charge is -2.28. The van der Waals surface area contributed by atoms with Gasteiger partial charge in [0.25, 0.3) is 0 Å². The van der Waals surface area contributed by atoms with E-state index in [1.54, 1.807) is 0 Å². The molecule has 0 fully saturated rings. The van der Waals surface area contributed by atoms with Crippen LogP contribution in [0.3, 0.4) is 0 Å². The quantitative estimate of drug-likeness (QED) is 0.153. The van der Waals surface area contributed by atoms with Gasteiger partial charge >= 0.3 is 0 Å². The zero-order chi connectivity index (χ0) is 41.0. The van der Waals surface area contributed by atoms with E-state index in [2.05, 4.69) is 240 Å². The number of ether oxygens (including phenoxy) is 1. The molecule has 12 rings (SSSR count). The molecule has 0 unspecified atom stereocenters. The predicted molar refractivity (Wildman–Crippen MR) is 257 cm³/mol. The molecule has 2 heterocycles. The second kappa shape index (κ2) is 14.7. The fourth-order valence-electron chi connectivity index (χ4n) is 9.13. The fraction of sp³-hybridized carbons (Fsp3) is 0. The summed E-state index contributed by atoms with van der Waals surface area (Å²) < 4.78 is 13.7. The maximum Gasteiger partial charge on any atom is 0.137 e. The summed E-state index contributed by atoms with van der Waals surface area (Å²) in [6.07, 6.45) is 0. The lowest BCUT2D eigenvalue weighted by molar-refractivity contribution is 0.487. The van der Waals surface area contributed by atoms with Crippen LogP contribution < -0.4 is 14.5 Å². The van der Waals surface area contributed by atoms with Crippen molar-refractivity contribution in [2.75, 3.05) is 9.80 Å². The largest absolute Gasteiger partial charge is 0.456 e. The van der Waals surface area contributed by atoms with Crippen LogP contribution >= 0.6 is 0 Å². The van der Waals surface area contributed by atoms with E-state index >= 15 is 0 Å². The van der Waals surface area contributed by atoms with E-state index in [0.29, 0.717) is 0 Å². The zero-order valence-corrected chi connectivity index (χ0v) is 33.7. The van der Waals surface area contributed by atoms with Gasteiger partial charge in [-0.15, -0.1) is 0 Å². The molecule has 0 aliphatic carbocycles. The van der Waals surface area contributed by atoms with Gasteiger partial charge in [-0.2, -0.15) is 0 Å². The number of para-hydroxylation sites is 2. The highest BCUT2D eigenvalue weighted by Crippen LogP contribution is 2.52. The van der Waals surface area contributed by atoms with Crippen molar-refractivity contribution in [1.82, 2.24) is 0 Å². The number of rotatable bonds is 8. The first kappa shape index (κ1) is 35.6. The van der Waals surface area contributed by atoms with E-state index in [1.807, 2.05) is 0 Å². The van der Waals surface area contributed by atoms with Gasteiger partial charge in [0.1, 0.15) is 22.7 Å². The molecule has 62 heavy (non-hydrogen) atoms. The summed E-state index contributed by atoms with van der Waals surface area (Å²) in [4.78, 5) is 4.57. The molecule has 0 bridgehead atoms. The van der Waals surface area contributed by atoms with Gasteiger partial charge in [0.15, 0.2) is 0 Å². The Morgan fingerprint density at radius 1 is 0.274 bits per heavy atom. The molecule has 0 saturated heterocycles. The van der Waals surface area contributed by atoms with Crippen molar-refractivity contribution in [3.8, 4) is 44.9 Å². The summed E-state index contributed by atoms with van der Waals surface area (Å²) in [5.41, 5.74) is 14.8. The minimum Gasteiger partial charge on any atom is -0.456 e. The van der Waals surface area contributed by atoms with E-state index in [4.69, 9.17) is 9.15 Å². The third kappa shape index (κ3) is 6.08. The Morgan fingerprint density at radius 2 is 0.758 bits per heavy atom. The van der Waals surface area contributed by atoms with E-state index < -0.39 is 0 Å². The Hall–Kier alpha value is -8.34. The van der Waals surface area contributed by atoms with Gasteiger partial charge < -0.3 is 19.0 Å². The van der Waals surface area contributed by atoms with Crippen molar-refractivity contribution < 1.29 is 9.15 Å². The molecule has 4 heteroatoms. The molecule has 4 nitrogen and oxygen atoms in total. The lowest BCUT2D eigenvalue weighted by atomic mass is 9.92. The van der Waals surface area contributed by atoms with Crippen LogP contribution in [0.1, 0.15) is 0 Å². The topological polar surface area (TPSA) is 28.9 Å². The number of anilines is 6. The predicted octanol–water partition coefficient (Wildman–Crippen LogP) is 16.8. The third-order valence-corrected chi connectivity index (χ3v) is 12.0. The first-order valence-corrected chi connectivity index (χ1v) is 21.0. The first-order chi connectivity index (χ1) is 30.7. The van der Waals surface area contributed by atoms with Crippen molar-refractivity contribution in [2.24, 2.45) is 0 Å². The standard InChI is InChI=1S/C58H38N2O2/c1-5-14-39(15-6-1)41-24-28-45(29-25-41)59(43-18-9-3-10-19-43)47-32-34-49-52-38-56-57(51-22-13-23-53(58(51)52)61-54(49)36-47)50-35-33-48(37-55(50)62-56)60(44-20-11-4-12-21-44)46-30-26-42(27-31-46)40-16-7-2-8-17-40/h1-38H. The van der Waals surface area contributed by atoms with Gasteiger partial charge in [0.05, 0.1) is 0 Å². The minimum atomic E-state index is 0.805. The lowest BCUT2D eigenvalue weighted by Crippen LogP contribution is -2.10. The molecule has 292 valence electrons.